The number of amides is 1. The van der Waals surface area contributed by atoms with Gasteiger partial charge in [0.15, 0.2) is 0 Å². The predicted octanol–water partition coefficient (Wildman–Crippen LogP) is 10.1. The summed E-state index contributed by atoms with van der Waals surface area (Å²) >= 11 is 0. The van der Waals surface area contributed by atoms with Crippen molar-refractivity contribution >= 4 is 16.0 Å². The molecule has 0 aromatic heterocycles. The number of hydrogen-bond acceptors (Lipinski definition) is 5. The Balaban J connectivity index is 4.17. The van der Waals surface area contributed by atoms with E-state index in [-0.39, 0.29) is 6.42 Å². The van der Waals surface area contributed by atoms with Gasteiger partial charge < -0.3 is 15.5 Å². The summed E-state index contributed by atoms with van der Waals surface area (Å²) in [4.78, 5) is 12.5. The number of aliphatic hydroxyl groups excluding tert-OH is 2. The number of aliphatic hydroxyl groups is 2. The number of allylic oxidation sites excluding steroid dienone is 7. The minimum absolute atomic E-state index is 0.255. The average Bonchev–Trinajstić information content (AvgIpc) is 3.05. The molecular weight excluding hydrogens is 623 g/mol. The van der Waals surface area contributed by atoms with Gasteiger partial charge in [0.1, 0.15) is 6.10 Å². The number of nitrogens with one attached hydrogen (secondary N) is 1. The highest BCUT2D eigenvalue weighted by atomic mass is 32.2. The number of carbonyl (C=O) groups is 1. The van der Waals surface area contributed by atoms with Gasteiger partial charge in [-0.25, -0.2) is 0 Å². The Hall–Kier alpha value is -1.74. The largest absolute Gasteiger partial charge is 0.387 e. The third kappa shape index (κ3) is 32.8. The maximum atomic E-state index is 12.5. The number of rotatable bonds is 34. The molecule has 1 amide bonds. The van der Waals surface area contributed by atoms with Crippen LogP contribution < -0.4 is 5.32 Å². The van der Waals surface area contributed by atoms with Crippen LogP contribution >= 0.6 is 0 Å². The van der Waals surface area contributed by atoms with Gasteiger partial charge >= 0.3 is 0 Å². The van der Waals surface area contributed by atoms with Crippen molar-refractivity contribution in [3.63, 3.8) is 0 Å². The summed E-state index contributed by atoms with van der Waals surface area (Å²) in [7, 11) is -4.45. The van der Waals surface area contributed by atoms with Crippen LogP contribution in [-0.4, -0.2) is 53.1 Å². The van der Waals surface area contributed by atoms with E-state index in [0.717, 1.165) is 51.4 Å². The molecule has 0 aromatic carbocycles. The topological polar surface area (TPSA) is 124 Å². The molecule has 7 nitrogen and oxygen atoms in total. The first-order chi connectivity index (χ1) is 23.2. The van der Waals surface area contributed by atoms with E-state index in [1.54, 1.807) is 6.08 Å². The third-order valence-electron chi connectivity index (χ3n) is 8.61. The lowest BCUT2D eigenvalue weighted by Crippen LogP contribution is -2.50. The highest BCUT2D eigenvalue weighted by molar-refractivity contribution is 7.85. The van der Waals surface area contributed by atoms with Crippen molar-refractivity contribution in [1.82, 2.24) is 5.32 Å². The van der Waals surface area contributed by atoms with Crippen LogP contribution in [0.1, 0.15) is 174 Å². The van der Waals surface area contributed by atoms with Crippen LogP contribution in [0.3, 0.4) is 0 Å². The molecule has 4 N–H and O–H groups in total. The van der Waals surface area contributed by atoms with Crippen LogP contribution in [0.25, 0.3) is 0 Å². The van der Waals surface area contributed by atoms with Gasteiger partial charge in [0.05, 0.1) is 17.9 Å². The molecule has 0 aliphatic rings. The molecule has 0 aliphatic heterocycles. The Kier molecular flexibility index (Phi) is 32.5. The number of hydrogen-bond donors (Lipinski definition) is 4. The molecule has 0 heterocycles. The van der Waals surface area contributed by atoms with Gasteiger partial charge in [0, 0.05) is 0 Å². The van der Waals surface area contributed by atoms with Gasteiger partial charge in [-0.15, -0.1) is 0 Å². The quantitative estimate of drug-likeness (QED) is 0.0230. The zero-order valence-electron chi connectivity index (χ0n) is 30.7. The first-order valence-corrected chi connectivity index (χ1v) is 21.1. The normalized spacial score (nSPS) is 14.5. The summed E-state index contributed by atoms with van der Waals surface area (Å²) in [6.45, 7) is 4.46. The van der Waals surface area contributed by atoms with E-state index in [1.165, 1.54) is 96.0 Å². The molecule has 3 unspecified atom stereocenters. The highest BCUT2D eigenvalue weighted by Crippen LogP contribution is 2.13. The molecule has 0 radical (unpaired) electrons. The molecule has 0 saturated heterocycles. The summed E-state index contributed by atoms with van der Waals surface area (Å²) < 4.78 is 32.4. The van der Waals surface area contributed by atoms with Crippen molar-refractivity contribution in [2.24, 2.45) is 0 Å². The summed E-state index contributed by atoms with van der Waals surface area (Å²) in [5.41, 5.74) is 0. The maximum Gasteiger partial charge on any atom is 0.267 e. The van der Waals surface area contributed by atoms with E-state index in [1.807, 2.05) is 0 Å². The fourth-order valence-corrected chi connectivity index (χ4v) is 6.31. The Labute approximate surface area is 295 Å². The van der Waals surface area contributed by atoms with Crippen molar-refractivity contribution < 1.29 is 28.0 Å². The second-order valence-electron chi connectivity index (χ2n) is 13.4. The fraction of sp³-hybridized carbons (Fsp3) is 0.775. The molecule has 0 fully saturated rings. The van der Waals surface area contributed by atoms with Crippen molar-refractivity contribution in [2.75, 3.05) is 5.75 Å². The smallest absolute Gasteiger partial charge is 0.267 e. The Morgan fingerprint density at radius 3 is 1.54 bits per heavy atom. The van der Waals surface area contributed by atoms with Crippen LogP contribution in [0.15, 0.2) is 48.6 Å². The van der Waals surface area contributed by atoms with E-state index < -0.39 is 40.0 Å². The van der Waals surface area contributed by atoms with Gasteiger partial charge in [0.25, 0.3) is 10.1 Å². The molecule has 48 heavy (non-hydrogen) atoms. The number of unbranched alkanes of at least 4 members (excludes halogenated alkanes) is 20. The minimum atomic E-state index is -4.45. The molecule has 0 bridgehead atoms. The molecular formula is C40H73NO6S. The standard InChI is InChI=1S/C40H73NO6S/c1-3-5-7-9-11-13-15-17-19-20-21-23-24-26-28-30-32-34-38(42)37(36-48(45,46)47)41-40(44)39(43)35-33-31-29-27-25-22-18-16-14-12-10-8-6-4-2/h12,14,16,18,24,26,32,34,37-39,42-43H,3-11,13,15,17,19-23,25,27-31,33,35-36H2,1-2H3,(H,41,44)(H,45,46,47)/b14-12-,18-16-,26-24+,34-32+. The van der Waals surface area contributed by atoms with E-state index >= 15 is 0 Å². The van der Waals surface area contributed by atoms with Crippen molar-refractivity contribution in [1.29, 1.82) is 0 Å². The first-order valence-electron chi connectivity index (χ1n) is 19.5. The molecule has 280 valence electrons. The fourth-order valence-electron chi connectivity index (χ4n) is 5.58. The SMILES string of the molecule is CCCCC/C=C\C=C/CCCCCCCC(O)C(=O)NC(CS(=O)(=O)O)C(O)/C=C/CC/C=C/CCCCCCCCCCCCC. The van der Waals surface area contributed by atoms with E-state index in [4.69, 9.17) is 0 Å². The van der Waals surface area contributed by atoms with Crippen molar-refractivity contribution in [3.05, 3.63) is 48.6 Å². The zero-order valence-corrected chi connectivity index (χ0v) is 31.5. The van der Waals surface area contributed by atoms with Gasteiger partial charge in [-0.05, 0) is 57.8 Å². The van der Waals surface area contributed by atoms with E-state index in [9.17, 15) is 28.0 Å². The summed E-state index contributed by atoms with van der Waals surface area (Å²) in [6, 6.07) is -1.26. The van der Waals surface area contributed by atoms with Crippen molar-refractivity contribution in [3.8, 4) is 0 Å². The highest BCUT2D eigenvalue weighted by Gasteiger charge is 2.27. The Morgan fingerprint density at radius 2 is 1.00 bits per heavy atom. The molecule has 0 saturated carbocycles. The summed E-state index contributed by atoms with van der Waals surface area (Å²) in [5, 5.41) is 23.3. The van der Waals surface area contributed by atoms with Gasteiger partial charge in [0.2, 0.25) is 5.91 Å². The van der Waals surface area contributed by atoms with Crippen LogP contribution in [0.5, 0.6) is 0 Å². The second-order valence-corrected chi connectivity index (χ2v) is 14.9. The molecule has 0 rings (SSSR count). The van der Waals surface area contributed by atoms with Gasteiger partial charge in [-0.3, -0.25) is 9.35 Å². The Bertz CT molecular complexity index is 959. The van der Waals surface area contributed by atoms with Gasteiger partial charge in [-0.2, -0.15) is 8.42 Å². The van der Waals surface area contributed by atoms with Gasteiger partial charge in [-0.1, -0.05) is 165 Å². The molecule has 0 aliphatic carbocycles. The third-order valence-corrected chi connectivity index (χ3v) is 9.39. The minimum Gasteiger partial charge on any atom is -0.387 e. The van der Waals surface area contributed by atoms with Crippen LogP contribution in [0.2, 0.25) is 0 Å². The molecule has 0 spiro atoms. The number of carbonyl (C=O) groups excluding carboxylic acids is 1. The Morgan fingerprint density at radius 1 is 0.583 bits per heavy atom. The average molecular weight is 696 g/mol. The van der Waals surface area contributed by atoms with Crippen LogP contribution in [0.4, 0.5) is 0 Å². The maximum absolute atomic E-state index is 12.5. The lowest BCUT2D eigenvalue weighted by molar-refractivity contribution is -0.130. The summed E-state index contributed by atoms with van der Waals surface area (Å²) in [6.07, 6.45) is 41.6. The van der Waals surface area contributed by atoms with Crippen LogP contribution in [-0.2, 0) is 14.9 Å². The predicted molar refractivity (Wildman–Crippen MR) is 204 cm³/mol. The lowest BCUT2D eigenvalue weighted by Gasteiger charge is -2.22. The molecule has 3 atom stereocenters. The molecule has 8 heteroatoms. The van der Waals surface area contributed by atoms with Crippen molar-refractivity contribution in [2.45, 2.75) is 193 Å². The first kappa shape index (κ1) is 46.3. The van der Waals surface area contributed by atoms with Crippen LogP contribution in [0, 0.1) is 0 Å². The zero-order chi connectivity index (χ0) is 35.6. The second kappa shape index (κ2) is 33.7. The monoisotopic (exact) mass is 696 g/mol. The lowest BCUT2D eigenvalue weighted by atomic mass is 10.1. The molecule has 0 aromatic rings. The summed E-state index contributed by atoms with van der Waals surface area (Å²) in [5.74, 6) is -1.58. The van der Waals surface area contributed by atoms with E-state index in [0.29, 0.717) is 12.8 Å². The van der Waals surface area contributed by atoms with E-state index in [2.05, 4.69) is 55.6 Å².